The van der Waals surface area contributed by atoms with Crippen molar-refractivity contribution in [2.45, 2.75) is 4.90 Å². The first kappa shape index (κ1) is 7.91. The maximum absolute atomic E-state index is 5.55. The van der Waals surface area contributed by atoms with E-state index in [1.165, 1.54) is 11.9 Å². The average Bonchev–Trinajstić information content (AvgIpc) is 1.95. The van der Waals surface area contributed by atoms with Gasteiger partial charge in [-0.2, -0.15) is 0 Å². The molecule has 1 aromatic carbocycles. The highest BCUT2D eigenvalue weighted by Crippen LogP contribution is 2.23. The third kappa shape index (κ3) is 1.65. The van der Waals surface area contributed by atoms with E-state index in [9.17, 15) is 0 Å². The summed E-state index contributed by atoms with van der Waals surface area (Å²) < 4.78 is 0.892. The fourth-order valence-corrected chi connectivity index (χ4v) is 1.44. The molecule has 0 aliphatic heterocycles. The van der Waals surface area contributed by atoms with E-state index in [4.69, 9.17) is 10.9 Å². The third-order valence-corrected chi connectivity index (χ3v) is 2.32. The average molecular weight is 219 g/mol. The lowest BCUT2D eigenvalue weighted by molar-refractivity contribution is 1.43. The van der Waals surface area contributed by atoms with Crippen molar-refractivity contribution in [1.29, 1.82) is 0 Å². The minimum Gasteiger partial charge on any atom is -0.398 e. The van der Waals surface area contributed by atoms with Crippen LogP contribution in [0.3, 0.4) is 0 Å². The summed E-state index contributed by atoms with van der Waals surface area (Å²) in [6.07, 6.45) is 0. The third-order valence-electron chi connectivity index (χ3n) is 1.11. The summed E-state index contributed by atoms with van der Waals surface area (Å²) in [6.45, 7) is 0. The van der Waals surface area contributed by atoms with Crippen LogP contribution in [0.15, 0.2) is 27.6 Å². The Labute approximate surface area is 72.2 Å². The molecule has 0 saturated heterocycles. The van der Waals surface area contributed by atoms with E-state index >= 15 is 0 Å². The summed E-state index contributed by atoms with van der Waals surface area (Å²) in [7, 11) is 0. The van der Waals surface area contributed by atoms with Crippen molar-refractivity contribution in [2.24, 2.45) is 5.14 Å². The lowest BCUT2D eigenvalue weighted by Gasteiger charge is -1.98. The van der Waals surface area contributed by atoms with Gasteiger partial charge in [-0.1, -0.05) is 0 Å². The number of nitrogen functional groups attached to an aromatic ring is 1. The van der Waals surface area contributed by atoms with Gasteiger partial charge in [0.25, 0.3) is 0 Å². The molecular weight excluding hydrogens is 212 g/mol. The Morgan fingerprint density at radius 2 is 2.10 bits per heavy atom. The van der Waals surface area contributed by atoms with Crippen LogP contribution in [0.1, 0.15) is 0 Å². The molecule has 10 heavy (non-hydrogen) atoms. The molecule has 0 aromatic heterocycles. The number of hydrogen-bond acceptors (Lipinski definition) is 3. The number of benzene rings is 1. The first-order valence-electron chi connectivity index (χ1n) is 2.66. The van der Waals surface area contributed by atoms with Gasteiger partial charge >= 0.3 is 0 Å². The van der Waals surface area contributed by atoms with Crippen molar-refractivity contribution < 1.29 is 0 Å². The van der Waals surface area contributed by atoms with Crippen molar-refractivity contribution in [1.82, 2.24) is 0 Å². The van der Waals surface area contributed by atoms with Crippen LogP contribution in [0.25, 0.3) is 0 Å². The van der Waals surface area contributed by atoms with E-state index in [2.05, 4.69) is 15.9 Å². The minimum atomic E-state index is 0.734. The molecular formula is C6H7BrN2S. The summed E-state index contributed by atoms with van der Waals surface area (Å²) in [5.41, 5.74) is 6.28. The Morgan fingerprint density at radius 1 is 1.40 bits per heavy atom. The van der Waals surface area contributed by atoms with E-state index in [0.717, 1.165) is 15.1 Å². The van der Waals surface area contributed by atoms with Gasteiger partial charge in [-0.25, -0.2) is 0 Å². The lowest BCUT2D eigenvalue weighted by atomic mass is 10.3. The van der Waals surface area contributed by atoms with Gasteiger partial charge in [-0.15, -0.1) is 0 Å². The molecule has 0 fully saturated rings. The second-order valence-electron chi connectivity index (χ2n) is 1.80. The highest BCUT2D eigenvalue weighted by Gasteiger charge is 1.95. The Morgan fingerprint density at radius 3 is 2.60 bits per heavy atom. The van der Waals surface area contributed by atoms with Crippen LogP contribution in [-0.2, 0) is 0 Å². The molecule has 0 atom stereocenters. The number of hydrogen-bond donors (Lipinski definition) is 2. The van der Waals surface area contributed by atoms with Crippen LogP contribution < -0.4 is 10.9 Å². The monoisotopic (exact) mass is 218 g/mol. The first-order valence-corrected chi connectivity index (χ1v) is 4.33. The van der Waals surface area contributed by atoms with Crippen molar-refractivity contribution in [3.8, 4) is 0 Å². The van der Waals surface area contributed by atoms with Crippen molar-refractivity contribution in [3.63, 3.8) is 0 Å². The van der Waals surface area contributed by atoms with Gasteiger partial charge < -0.3 is 5.73 Å². The number of rotatable bonds is 1. The van der Waals surface area contributed by atoms with Gasteiger partial charge in [-0.05, 0) is 46.1 Å². The maximum Gasteiger partial charge on any atom is 0.0459 e. The summed E-state index contributed by atoms with van der Waals surface area (Å²) in [6, 6.07) is 5.59. The largest absolute Gasteiger partial charge is 0.398 e. The zero-order valence-corrected chi connectivity index (χ0v) is 7.58. The van der Waals surface area contributed by atoms with Crippen molar-refractivity contribution in [3.05, 3.63) is 22.7 Å². The van der Waals surface area contributed by atoms with Gasteiger partial charge in [0.05, 0.1) is 0 Å². The maximum atomic E-state index is 5.55. The lowest BCUT2D eigenvalue weighted by Crippen LogP contribution is -1.86. The Bertz CT molecular complexity index is 239. The Balaban J connectivity index is 3.04. The minimum absolute atomic E-state index is 0.734. The van der Waals surface area contributed by atoms with Crippen LogP contribution in [0.4, 0.5) is 5.69 Å². The highest BCUT2D eigenvalue weighted by molar-refractivity contribution is 9.10. The van der Waals surface area contributed by atoms with Crippen LogP contribution in [-0.4, -0.2) is 0 Å². The first-order chi connectivity index (χ1) is 4.74. The Hall–Kier alpha value is -0.190. The van der Waals surface area contributed by atoms with Crippen molar-refractivity contribution in [2.75, 3.05) is 5.73 Å². The summed E-state index contributed by atoms with van der Waals surface area (Å²) in [5, 5.41) is 5.32. The number of anilines is 1. The normalized spacial score (nSPS) is 9.80. The molecule has 0 amide bonds. The topological polar surface area (TPSA) is 52.0 Å². The zero-order valence-electron chi connectivity index (χ0n) is 5.17. The van der Waals surface area contributed by atoms with Gasteiger partial charge in [0.2, 0.25) is 0 Å². The van der Waals surface area contributed by atoms with Gasteiger partial charge in [0.15, 0.2) is 0 Å². The molecule has 0 bridgehead atoms. The molecule has 0 saturated carbocycles. The molecule has 0 unspecified atom stereocenters. The van der Waals surface area contributed by atoms with E-state index in [0.29, 0.717) is 0 Å². The number of halogens is 1. The van der Waals surface area contributed by atoms with E-state index in [-0.39, 0.29) is 0 Å². The molecule has 0 spiro atoms. The second-order valence-corrected chi connectivity index (χ2v) is 3.36. The zero-order chi connectivity index (χ0) is 7.56. The molecule has 2 nitrogen and oxygen atoms in total. The quantitative estimate of drug-likeness (QED) is 0.561. The molecule has 1 aromatic rings. The predicted molar refractivity (Wildman–Crippen MR) is 48.6 cm³/mol. The molecule has 1 rings (SSSR count). The van der Waals surface area contributed by atoms with E-state index in [1.807, 2.05) is 18.2 Å². The fraction of sp³-hybridized carbons (Fsp3) is 0. The van der Waals surface area contributed by atoms with Gasteiger partial charge in [0, 0.05) is 15.1 Å². The second kappa shape index (κ2) is 3.27. The molecule has 0 heterocycles. The SMILES string of the molecule is NSc1ccc(N)c(Br)c1. The summed E-state index contributed by atoms with van der Waals surface area (Å²) in [5.74, 6) is 0. The van der Waals surface area contributed by atoms with Crippen LogP contribution in [0, 0.1) is 0 Å². The predicted octanol–water partition coefficient (Wildman–Crippen LogP) is 2.00. The van der Waals surface area contributed by atoms with E-state index in [1.54, 1.807) is 0 Å². The molecule has 4 N–H and O–H groups in total. The van der Waals surface area contributed by atoms with Gasteiger partial charge in [-0.3, -0.25) is 5.14 Å². The molecule has 0 aliphatic carbocycles. The molecule has 0 aliphatic rings. The highest BCUT2D eigenvalue weighted by atomic mass is 79.9. The summed E-state index contributed by atoms with van der Waals surface area (Å²) in [4.78, 5) is 1.00. The molecule has 0 radical (unpaired) electrons. The van der Waals surface area contributed by atoms with Crippen molar-refractivity contribution >= 4 is 33.6 Å². The Kier molecular flexibility index (Phi) is 2.59. The van der Waals surface area contributed by atoms with Crippen LogP contribution in [0.2, 0.25) is 0 Å². The van der Waals surface area contributed by atoms with Gasteiger partial charge in [0.1, 0.15) is 0 Å². The van der Waals surface area contributed by atoms with Crippen LogP contribution >= 0.6 is 27.9 Å². The molecule has 54 valence electrons. The number of nitrogens with two attached hydrogens (primary N) is 2. The van der Waals surface area contributed by atoms with Crippen LogP contribution in [0.5, 0.6) is 0 Å². The molecule has 4 heteroatoms. The smallest absolute Gasteiger partial charge is 0.0459 e. The standard InChI is InChI=1S/C6H7BrN2S/c7-5-3-4(10-9)1-2-6(5)8/h1-3H,8-9H2. The van der Waals surface area contributed by atoms with E-state index < -0.39 is 0 Å². The summed E-state index contributed by atoms with van der Waals surface area (Å²) >= 11 is 4.50. The fourth-order valence-electron chi connectivity index (χ4n) is 0.581.